The smallest absolute Gasteiger partial charge is 0.224 e. The van der Waals surface area contributed by atoms with E-state index in [0.717, 1.165) is 5.56 Å². The Balaban J connectivity index is 1.99. The molecule has 0 saturated carbocycles. The Bertz CT molecular complexity index is 531. The molecule has 1 fully saturated rings. The van der Waals surface area contributed by atoms with Crippen LogP contribution in [0.3, 0.4) is 0 Å². The molecule has 1 saturated heterocycles. The number of rotatable bonds is 3. The molecule has 1 aliphatic heterocycles. The summed E-state index contributed by atoms with van der Waals surface area (Å²) >= 11 is 1.28. The molecule has 21 heavy (non-hydrogen) atoms. The summed E-state index contributed by atoms with van der Waals surface area (Å²) in [5, 5.41) is 0.202. The zero-order valence-corrected chi connectivity index (χ0v) is 14.0. The van der Waals surface area contributed by atoms with Gasteiger partial charge in [0.05, 0.1) is 0 Å². The lowest BCUT2D eigenvalue weighted by Crippen LogP contribution is -2.25. The van der Waals surface area contributed by atoms with Crippen molar-refractivity contribution < 1.29 is 9.59 Å². The second-order valence-corrected chi connectivity index (χ2v) is 8.13. The molecule has 4 heteroatoms. The number of nitrogens with zero attached hydrogens (tertiary/aromatic N) is 1. The van der Waals surface area contributed by atoms with Crippen LogP contribution in [0.1, 0.15) is 45.2 Å². The number of thioether (sulfide) groups is 1. The number of hydrogen-bond acceptors (Lipinski definition) is 3. The highest BCUT2D eigenvalue weighted by atomic mass is 32.2. The van der Waals surface area contributed by atoms with Gasteiger partial charge < -0.3 is 4.90 Å². The Morgan fingerprint density at radius 2 is 1.90 bits per heavy atom. The third-order valence-corrected chi connectivity index (χ3v) is 4.69. The molecular formula is C17H23NO2S. The average Bonchev–Trinajstić information content (AvgIpc) is 2.68. The lowest BCUT2D eigenvalue weighted by atomic mass is 9.87. The van der Waals surface area contributed by atoms with Crippen molar-refractivity contribution in [1.29, 1.82) is 0 Å². The van der Waals surface area contributed by atoms with Crippen LogP contribution in [0.4, 0.5) is 0 Å². The molecule has 114 valence electrons. The Morgan fingerprint density at radius 1 is 1.29 bits per heavy atom. The molecule has 0 bridgehead atoms. The quantitative estimate of drug-likeness (QED) is 0.859. The van der Waals surface area contributed by atoms with Crippen LogP contribution in [-0.4, -0.2) is 27.7 Å². The fourth-order valence-electron chi connectivity index (χ4n) is 2.53. The lowest BCUT2D eigenvalue weighted by molar-refractivity contribution is -0.128. The Kier molecular flexibility index (Phi) is 4.77. The number of amides is 1. The topological polar surface area (TPSA) is 37.4 Å². The molecule has 1 aromatic carbocycles. The minimum atomic E-state index is 0.0872. The van der Waals surface area contributed by atoms with Crippen LogP contribution in [0.5, 0.6) is 0 Å². The van der Waals surface area contributed by atoms with Gasteiger partial charge in [-0.1, -0.05) is 56.8 Å². The van der Waals surface area contributed by atoms with Gasteiger partial charge in [0.15, 0.2) is 5.12 Å². The molecule has 0 N–H and O–H groups in total. The van der Waals surface area contributed by atoms with Gasteiger partial charge in [-0.05, 0) is 16.5 Å². The van der Waals surface area contributed by atoms with E-state index in [9.17, 15) is 9.59 Å². The monoisotopic (exact) mass is 305 g/mol. The first kappa shape index (κ1) is 16.1. The van der Waals surface area contributed by atoms with Gasteiger partial charge in [0.2, 0.25) is 5.91 Å². The van der Waals surface area contributed by atoms with Gasteiger partial charge in [-0.15, -0.1) is 0 Å². The van der Waals surface area contributed by atoms with Crippen LogP contribution in [0, 0.1) is 0 Å². The summed E-state index contributed by atoms with van der Waals surface area (Å²) in [6.45, 7) is 9.44. The van der Waals surface area contributed by atoms with E-state index in [1.807, 2.05) is 4.90 Å². The van der Waals surface area contributed by atoms with Crippen LogP contribution < -0.4 is 0 Å². The lowest BCUT2D eigenvalue weighted by Gasteiger charge is -2.20. The van der Waals surface area contributed by atoms with Crippen molar-refractivity contribution in [3.05, 3.63) is 35.4 Å². The van der Waals surface area contributed by atoms with Gasteiger partial charge in [0.25, 0.3) is 0 Å². The van der Waals surface area contributed by atoms with E-state index < -0.39 is 0 Å². The van der Waals surface area contributed by atoms with Gasteiger partial charge in [-0.2, -0.15) is 0 Å². The summed E-state index contributed by atoms with van der Waals surface area (Å²) in [4.78, 5) is 25.0. The van der Waals surface area contributed by atoms with Crippen molar-refractivity contribution in [3.8, 4) is 0 Å². The molecule has 1 unspecified atom stereocenters. The zero-order chi connectivity index (χ0) is 15.6. The maximum atomic E-state index is 12.0. The van der Waals surface area contributed by atoms with E-state index in [1.54, 1.807) is 6.92 Å². The molecule has 0 aromatic heterocycles. The van der Waals surface area contributed by atoms with Crippen LogP contribution in [0.25, 0.3) is 0 Å². The van der Waals surface area contributed by atoms with Crippen LogP contribution in [0.15, 0.2) is 24.3 Å². The summed E-state index contributed by atoms with van der Waals surface area (Å²) < 4.78 is 0. The minimum Gasteiger partial charge on any atom is -0.337 e. The number of benzene rings is 1. The van der Waals surface area contributed by atoms with Crippen molar-refractivity contribution in [2.75, 3.05) is 6.54 Å². The third-order valence-electron chi connectivity index (χ3n) is 3.71. The van der Waals surface area contributed by atoms with E-state index >= 15 is 0 Å². The SMILES string of the molecule is CC(=O)SC1CC(=O)N(Cc2ccc(C(C)(C)C)cc2)C1. The average molecular weight is 305 g/mol. The van der Waals surface area contributed by atoms with Crippen molar-refractivity contribution in [2.45, 2.75) is 51.3 Å². The maximum Gasteiger partial charge on any atom is 0.224 e. The summed E-state index contributed by atoms with van der Waals surface area (Å²) in [7, 11) is 0. The summed E-state index contributed by atoms with van der Waals surface area (Å²) in [5.74, 6) is 0.147. The normalized spacial score (nSPS) is 19.1. The summed E-state index contributed by atoms with van der Waals surface area (Å²) in [5.41, 5.74) is 2.58. The zero-order valence-electron chi connectivity index (χ0n) is 13.2. The molecule has 1 amide bonds. The Hall–Kier alpha value is -1.29. The number of hydrogen-bond donors (Lipinski definition) is 0. The van der Waals surface area contributed by atoms with Gasteiger partial charge in [0, 0.05) is 31.7 Å². The Labute approximate surface area is 131 Å². The van der Waals surface area contributed by atoms with Gasteiger partial charge in [-0.3, -0.25) is 9.59 Å². The van der Waals surface area contributed by atoms with Crippen molar-refractivity contribution in [2.24, 2.45) is 0 Å². The highest BCUT2D eigenvalue weighted by molar-refractivity contribution is 8.14. The predicted octanol–water partition coefficient (Wildman–Crippen LogP) is 3.36. The molecule has 0 aliphatic carbocycles. The summed E-state index contributed by atoms with van der Waals surface area (Å²) in [6.07, 6.45) is 0.477. The highest BCUT2D eigenvalue weighted by Crippen LogP contribution is 2.26. The first-order valence-electron chi connectivity index (χ1n) is 7.30. The fraction of sp³-hybridized carbons (Fsp3) is 0.529. The first-order chi connectivity index (χ1) is 9.75. The molecule has 2 rings (SSSR count). The van der Waals surface area contributed by atoms with Crippen molar-refractivity contribution in [1.82, 2.24) is 4.90 Å². The van der Waals surface area contributed by atoms with E-state index in [4.69, 9.17) is 0 Å². The molecule has 1 atom stereocenters. The van der Waals surface area contributed by atoms with E-state index in [0.29, 0.717) is 19.5 Å². The minimum absolute atomic E-state index is 0.0872. The van der Waals surface area contributed by atoms with E-state index in [1.165, 1.54) is 17.3 Å². The van der Waals surface area contributed by atoms with Crippen molar-refractivity contribution in [3.63, 3.8) is 0 Å². The van der Waals surface area contributed by atoms with Gasteiger partial charge >= 0.3 is 0 Å². The van der Waals surface area contributed by atoms with E-state index in [-0.39, 0.29) is 21.7 Å². The second-order valence-electron chi connectivity index (χ2n) is 6.66. The van der Waals surface area contributed by atoms with Gasteiger partial charge in [0.1, 0.15) is 0 Å². The maximum absolute atomic E-state index is 12.0. The van der Waals surface area contributed by atoms with Crippen molar-refractivity contribution >= 4 is 22.8 Å². The predicted molar refractivity (Wildman–Crippen MR) is 87.2 cm³/mol. The van der Waals surface area contributed by atoms with E-state index in [2.05, 4.69) is 45.0 Å². The third kappa shape index (κ3) is 4.34. The first-order valence-corrected chi connectivity index (χ1v) is 8.18. The highest BCUT2D eigenvalue weighted by Gasteiger charge is 2.30. The Morgan fingerprint density at radius 3 is 2.43 bits per heavy atom. The fourth-order valence-corrected chi connectivity index (χ4v) is 3.48. The van der Waals surface area contributed by atoms with Gasteiger partial charge in [-0.25, -0.2) is 0 Å². The molecule has 0 radical (unpaired) electrons. The number of likely N-dealkylation sites (tertiary alicyclic amines) is 1. The van der Waals surface area contributed by atoms with Crippen LogP contribution in [0.2, 0.25) is 0 Å². The molecule has 1 aromatic rings. The number of carbonyl (C=O) groups excluding carboxylic acids is 2. The molecule has 0 spiro atoms. The molecule has 1 heterocycles. The largest absolute Gasteiger partial charge is 0.337 e. The molecule has 3 nitrogen and oxygen atoms in total. The standard InChI is InChI=1S/C17H23NO2S/c1-12(19)21-15-9-16(20)18(11-15)10-13-5-7-14(8-6-13)17(2,3)4/h5-8,15H,9-11H2,1-4H3. The molecular weight excluding hydrogens is 282 g/mol. The van der Waals surface area contributed by atoms with Crippen LogP contribution >= 0.6 is 11.8 Å². The van der Waals surface area contributed by atoms with Crippen LogP contribution in [-0.2, 0) is 21.5 Å². The summed E-state index contributed by atoms with van der Waals surface area (Å²) in [6, 6.07) is 8.47. The number of carbonyl (C=O) groups is 2. The second kappa shape index (κ2) is 6.22. The molecule has 1 aliphatic rings.